The summed E-state index contributed by atoms with van der Waals surface area (Å²) in [5, 5.41) is 1.13. The van der Waals surface area contributed by atoms with Crippen molar-refractivity contribution < 1.29 is 4.79 Å². The largest absolute Gasteiger partial charge is 0.362 e. The van der Waals surface area contributed by atoms with E-state index in [0.29, 0.717) is 34.4 Å². The summed E-state index contributed by atoms with van der Waals surface area (Å²) in [6, 6.07) is 3.26. The van der Waals surface area contributed by atoms with Crippen LogP contribution in [-0.2, 0) is 0 Å². The van der Waals surface area contributed by atoms with Gasteiger partial charge in [0.2, 0.25) is 0 Å². The Balaban J connectivity index is 3.24. The average Bonchev–Trinajstić information content (AvgIpc) is 2.37. The van der Waals surface area contributed by atoms with E-state index in [2.05, 4.69) is 29.1 Å². The maximum atomic E-state index is 11.6. The van der Waals surface area contributed by atoms with Gasteiger partial charge in [0.05, 0.1) is 21.1 Å². The van der Waals surface area contributed by atoms with Crippen LogP contribution in [0.2, 0.25) is 10.0 Å². The molecule has 1 rings (SSSR count). The molecule has 5 heteroatoms. The molecule has 0 bridgehead atoms. The van der Waals surface area contributed by atoms with E-state index in [1.54, 1.807) is 24.3 Å². The Morgan fingerprint density at radius 1 is 1.21 bits per heavy atom. The molecule has 0 amide bonds. The molecule has 1 aromatic rings. The summed E-state index contributed by atoms with van der Waals surface area (Å²) in [4.78, 5) is 13.6. The van der Waals surface area contributed by atoms with Crippen molar-refractivity contribution in [3.8, 4) is 0 Å². The first-order valence-electron chi connectivity index (χ1n) is 5.60. The topological polar surface area (TPSA) is 20.3 Å². The number of benzene rings is 1. The maximum Gasteiger partial charge on any atom is 0.173 e. The average molecular weight is 363 g/mol. The molecule has 1 aromatic carbocycles. The minimum Gasteiger partial charge on any atom is -0.362 e. The summed E-state index contributed by atoms with van der Waals surface area (Å²) >= 11 is 15.6. The number of rotatable bonds is 7. The van der Waals surface area contributed by atoms with Crippen molar-refractivity contribution in [3.63, 3.8) is 0 Å². The number of hydrogen-bond donors (Lipinski definition) is 0. The van der Waals surface area contributed by atoms with Crippen molar-refractivity contribution >= 4 is 50.6 Å². The van der Waals surface area contributed by atoms with Gasteiger partial charge in [-0.3, -0.25) is 4.79 Å². The van der Waals surface area contributed by atoms with Gasteiger partial charge in [0.25, 0.3) is 0 Å². The predicted octanol–water partition coefficient (Wildman–Crippen LogP) is 4.75. The standard InChI is InChI=1S/C14H14BrCl2NO/c1-3-5-18(6-4-2)14-11(16)7-10(8-12(14)17)13(19)9-15/h3-4,7-8H,1-2,5-6,9H2. The Morgan fingerprint density at radius 2 is 1.68 bits per heavy atom. The fourth-order valence-corrected chi connectivity index (χ4v) is 2.72. The normalized spacial score (nSPS) is 10.1. The number of anilines is 1. The third-order valence-electron chi connectivity index (χ3n) is 2.48. The van der Waals surface area contributed by atoms with Crippen molar-refractivity contribution in [2.75, 3.05) is 23.3 Å². The van der Waals surface area contributed by atoms with Gasteiger partial charge < -0.3 is 4.90 Å². The Morgan fingerprint density at radius 3 is 2.05 bits per heavy atom. The van der Waals surface area contributed by atoms with Crippen LogP contribution in [0.5, 0.6) is 0 Å². The lowest BCUT2D eigenvalue weighted by Gasteiger charge is -2.24. The van der Waals surface area contributed by atoms with Gasteiger partial charge in [-0.2, -0.15) is 0 Å². The van der Waals surface area contributed by atoms with Gasteiger partial charge in [0, 0.05) is 18.7 Å². The molecular weight excluding hydrogens is 349 g/mol. The number of carbonyl (C=O) groups excluding carboxylic acids is 1. The summed E-state index contributed by atoms with van der Waals surface area (Å²) in [5.41, 5.74) is 1.18. The van der Waals surface area contributed by atoms with E-state index >= 15 is 0 Å². The number of alkyl halides is 1. The molecule has 0 atom stereocenters. The molecule has 0 aliphatic rings. The van der Waals surface area contributed by atoms with E-state index in [9.17, 15) is 4.79 Å². The SMILES string of the molecule is C=CCN(CC=C)c1c(Cl)cc(C(=O)CBr)cc1Cl. The predicted molar refractivity (Wildman–Crippen MR) is 87.2 cm³/mol. The molecule has 102 valence electrons. The lowest BCUT2D eigenvalue weighted by Crippen LogP contribution is -2.24. The highest BCUT2D eigenvalue weighted by Gasteiger charge is 2.16. The first-order valence-corrected chi connectivity index (χ1v) is 7.47. The van der Waals surface area contributed by atoms with Crippen molar-refractivity contribution in [2.24, 2.45) is 0 Å². The zero-order valence-corrected chi connectivity index (χ0v) is 13.4. The first-order chi connectivity index (χ1) is 9.04. The fourth-order valence-electron chi connectivity index (χ4n) is 1.67. The lowest BCUT2D eigenvalue weighted by atomic mass is 10.1. The number of Topliss-reactive ketones (excluding diaryl/α,β-unsaturated/α-hetero) is 1. The summed E-state index contributed by atoms with van der Waals surface area (Å²) in [6.45, 7) is 8.60. The molecule has 0 fully saturated rings. The van der Waals surface area contributed by atoms with Gasteiger partial charge in [-0.25, -0.2) is 0 Å². The van der Waals surface area contributed by atoms with Gasteiger partial charge in [-0.15, -0.1) is 13.2 Å². The van der Waals surface area contributed by atoms with E-state index in [0.717, 1.165) is 0 Å². The van der Waals surface area contributed by atoms with E-state index in [1.807, 2.05) is 4.90 Å². The van der Waals surface area contributed by atoms with E-state index < -0.39 is 0 Å². The molecule has 0 radical (unpaired) electrons. The van der Waals surface area contributed by atoms with Crippen LogP contribution in [0.25, 0.3) is 0 Å². The Bertz CT molecular complexity index is 469. The minimum atomic E-state index is -0.0608. The highest BCUT2D eigenvalue weighted by molar-refractivity contribution is 9.09. The summed E-state index contributed by atoms with van der Waals surface area (Å²) in [6.07, 6.45) is 3.52. The molecule has 2 nitrogen and oxygen atoms in total. The zero-order chi connectivity index (χ0) is 14.4. The second-order valence-electron chi connectivity index (χ2n) is 3.83. The van der Waals surface area contributed by atoms with Crippen LogP contribution < -0.4 is 4.90 Å². The molecule has 0 aromatic heterocycles. The highest BCUT2D eigenvalue weighted by atomic mass is 79.9. The Labute approximate surface area is 131 Å². The smallest absolute Gasteiger partial charge is 0.173 e. The number of halogens is 3. The third kappa shape index (κ3) is 4.10. The first kappa shape index (κ1) is 16.3. The second kappa shape index (κ2) is 7.73. The monoisotopic (exact) mass is 361 g/mol. The number of ketones is 1. The van der Waals surface area contributed by atoms with Gasteiger partial charge >= 0.3 is 0 Å². The van der Waals surface area contributed by atoms with Crippen molar-refractivity contribution in [1.82, 2.24) is 0 Å². The van der Waals surface area contributed by atoms with E-state index in [4.69, 9.17) is 23.2 Å². The molecule has 0 unspecified atom stereocenters. The summed E-state index contributed by atoms with van der Waals surface area (Å²) in [5.74, 6) is -0.0608. The van der Waals surface area contributed by atoms with Gasteiger partial charge in [-0.05, 0) is 12.1 Å². The number of hydrogen-bond acceptors (Lipinski definition) is 2. The molecular formula is C14H14BrCl2NO. The summed E-state index contributed by atoms with van der Waals surface area (Å²) in [7, 11) is 0. The van der Waals surface area contributed by atoms with Gasteiger partial charge in [0.1, 0.15) is 0 Å². The minimum absolute atomic E-state index is 0.0608. The van der Waals surface area contributed by atoms with Crippen LogP contribution in [0.4, 0.5) is 5.69 Å². The van der Waals surface area contributed by atoms with Crippen molar-refractivity contribution in [3.05, 3.63) is 53.1 Å². The number of nitrogens with zero attached hydrogens (tertiary/aromatic N) is 1. The molecule has 0 saturated heterocycles. The van der Waals surface area contributed by atoms with E-state index in [-0.39, 0.29) is 11.1 Å². The van der Waals surface area contributed by atoms with Crippen LogP contribution in [0.3, 0.4) is 0 Å². The van der Waals surface area contributed by atoms with E-state index in [1.165, 1.54) is 0 Å². The molecule has 0 aliphatic carbocycles. The fraction of sp³-hybridized carbons (Fsp3) is 0.214. The molecule has 0 N–H and O–H groups in total. The molecule has 19 heavy (non-hydrogen) atoms. The molecule has 0 saturated carbocycles. The van der Waals surface area contributed by atoms with Crippen LogP contribution in [-0.4, -0.2) is 24.2 Å². The second-order valence-corrected chi connectivity index (χ2v) is 5.20. The lowest BCUT2D eigenvalue weighted by molar-refractivity contribution is 0.102. The molecule has 0 aliphatic heterocycles. The zero-order valence-electron chi connectivity index (χ0n) is 10.3. The molecule has 0 spiro atoms. The van der Waals surface area contributed by atoms with Crippen molar-refractivity contribution in [1.29, 1.82) is 0 Å². The van der Waals surface area contributed by atoms with Crippen LogP contribution >= 0.6 is 39.1 Å². The maximum absolute atomic E-state index is 11.6. The number of carbonyl (C=O) groups is 1. The van der Waals surface area contributed by atoms with Crippen LogP contribution in [0, 0.1) is 0 Å². The quantitative estimate of drug-likeness (QED) is 0.396. The van der Waals surface area contributed by atoms with Gasteiger partial charge in [0.15, 0.2) is 5.78 Å². The van der Waals surface area contributed by atoms with Crippen molar-refractivity contribution in [2.45, 2.75) is 0 Å². The van der Waals surface area contributed by atoms with Crippen LogP contribution in [0.1, 0.15) is 10.4 Å². The Kier molecular flexibility index (Phi) is 6.63. The van der Waals surface area contributed by atoms with Gasteiger partial charge in [-0.1, -0.05) is 51.3 Å². The molecule has 0 heterocycles. The third-order valence-corrected chi connectivity index (χ3v) is 3.56. The highest BCUT2D eigenvalue weighted by Crippen LogP contribution is 2.35. The Hall–Kier alpha value is -0.770. The summed E-state index contributed by atoms with van der Waals surface area (Å²) < 4.78 is 0. The van der Waals surface area contributed by atoms with Crippen LogP contribution in [0.15, 0.2) is 37.4 Å².